The molecule has 2 rings (SSSR count). The predicted octanol–water partition coefficient (Wildman–Crippen LogP) is 2.98. The second kappa shape index (κ2) is 7.00. The number of nitrogens with zero attached hydrogens (tertiary/aromatic N) is 1. The SMILES string of the molecule is Cc1ccc(C(=O)OCC(=O)Nc2ccc(F)c(Cl)c2)cn1. The topological polar surface area (TPSA) is 68.3 Å². The van der Waals surface area contributed by atoms with Crippen LogP contribution in [0.4, 0.5) is 10.1 Å². The number of amides is 1. The van der Waals surface area contributed by atoms with E-state index in [0.29, 0.717) is 5.69 Å². The number of hydrogen-bond donors (Lipinski definition) is 1. The van der Waals surface area contributed by atoms with Gasteiger partial charge in [0.1, 0.15) is 5.82 Å². The largest absolute Gasteiger partial charge is 0.452 e. The molecule has 0 aliphatic carbocycles. The first-order valence-corrected chi connectivity index (χ1v) is 6.68. The van der Waals surface area contributed by atoms with Crippen LogP contribution in [0.2, 0.25) is 5.02 Å². The number of carbonyl (C=O) groups excluding carboxylic acids is 2. The van der Waals surface area contributed by atoms with E-state index in [4.69, 9.17) is 16.3 Å². The van der Waals surface area contributed by atoms with Crippen molar-refractivity contribution < 1.29 is 18.7 Å². The van der Waals surface area contributed by atoms with Crippen molar-refractivity contribution in [2.24, 2.45) is 0 Å². The van der Waals surface area contributed by atoms with Gasteiger partial charge in [0, 0.05) is 17.6 Å². The van der Waals surface area contributed by atoms with E-state index in [9.17, 15) is 14.0 Å². The summed E-state index contributed by atoms with van der Waals surface area (Å²) in [6, 6.07) is 6.97. The lowest BCUT2D eigenvalue weighted by Crippen LogP contribution is -2.21. The molecule has 1 heterocycles. The third-order valence-electron chi connectivity index (χ3n) is 2.68. The van der Waals surface area contributed by atoms with Crippen molar-refractivity contribution >= 4 is 29.2 Å². The van der Waals surface area contributed by atoms with Gasteiger partial charge in [-0.1, -0.05) is 11.6 Å². The zero-order chi connectivity index (χ0) is 16.1. The van der Waals surface area contributed by atoms with Crippen LogP contribution < -0.4 is 5.32 Å². The second-order valence-electron chi connectivity index (χ2n) is 4.44. The molecule has 114 valence electrons. The van der Waals surface area contributed by atoms with E-state index in [1.807, 2.05) is 0 Å². The number of ether oxygens (including phenoxy) is 1. The van der Waals surface area contributed by atoms with Crippen LogP contribution in [0.3, 0.4) is 0 Å². The lowest BCUT2D eigenvalue weighted by Gasteiger charge is -2.07. The normalized spacial score (nSPS) is 10.1. The van der Waals surface area contributed by atoms with Gasteiger partial charge in [0.15, 0.2) is 6.61 Å². The van der Waals surface area contributed by atoms with Crippen molar-refractivity contribution in [2.75, 3.05) is 11.9 Å². The van der Waals surface area contributed by atoms with E-state index in [0.717, 1.165) is 11.8 Å². The molecule has 0 radical (unpaired) electrons. The molecule has 1 N–H and O–H groups in total. The molecule has 7 heteroatoms. The van der Waals surface area contributed by atoms with Gasteiger partial charge in [0.2, 0.25) is 0 Å². The summed E-state index contributed by atoms with van der Waals surface area (Å²) in [5.41, 5.74) is 1.33. The third-order valence-corrected chi connectivity index (χ3v) is 2.97. The molecule has 0 saturated heterocycles. The molecule has 0 unspecified atom stereocenters. The van der Waals surface area contributed by atoms with E-state index < -0.39 is 24.3 Å². The van der Waals surface area contributed by atoms with Crippen LogP contribution in [0.1, 0.15) is 16.1 Å². The maximum absolute atomic E-state index is 13.0. The van der Waals surface area contributed by atoms with E-state index in [2.05, 4.69) is 10.3 Å². The highest BCUT2D eigenvalue weighted by Crippen LogP contribution is 2.19. The number of hydrogen-bond acceptors (Lipinski definition) is 4. The van der Waals surface area contributed by atoms with Gasteiger partial charge in [0.25, 0.3) is 5.91 Å². The number of aromatic nitrogens is 1. The molecule has 0 aliphatic heterocycles. The number of aryl methyl sites for hydroxylation is 1. The van der Waals surface area contributed by atoms with Crippen molar-refractivity contribution in [3.63, 3.8) is 0 Å². The van der Waals surface area contributed by atoms with Gasteiger partial charge in [-0.25, -0.2) is 9.18 Å². The highest BCUT2D eigenvalue weighted by Gasteiger charge is 2.11. The standard InChI is InChI=1S/C15H12ClFN2O3/c1-9-2-3-10(7-18-9)15(21)22-8-14(20)19-11-4-5-13(17)12(16)6-11/h2-7H,8H2,1H3,(H,19,20). The maximum atomic E-state index is 13.0. The summed E-state index contributed by atoms with van der Waals surface area (Å²) in [5, 5.41) is 2.33. The van der Waals surface area contributed by atoms with Crippen LogP contribution in [0.15, 0.2) is 36.5 Å². The van der Waals surface area contributed by atoms with Crippen LogP contribution in [0, 0.1) is 12.7 Å². The van der Waals surface area contributed by atoms with Crippen LogP contribution in [-0.4, -0.2) is 23.5 Å². The Hall–Kier alpha value is -2.47. The highest BCUT2D eigenvalue weighted by molar-refractivity contribution is 6.31. The molecule has 1 amide bonds. The summed E-state index contributed by atoms with van der Waals surface area (Å²) in [6.07, 6.45) is 1.37. The Labute approximate surface area is 131 Å². The highest BCUT2D eigenvalue weighted by atomic mass is 35.5. The Morgan fingerprint density at radius 2 is 2.09 bits per heavy atom. The summed E-state index contributed by atoms with van der Waals surface area (Å²) in [7, 11) is 0. The van der Waals surface area contributed by atoms with E-state index in [1.165, 1.54) is 18.3 Å². The summed E-state index contributed by atoms with van der Waals surface area (Å²) in [5.74, 6) is -1.80. The molecule has 1 aromatic carbocycles. The average molecular weight is 323 g/mol. The van der Waals surface area contributed by atoms with Gasteiger partial charge in [0.05, 0.1) is 10.6 Å². The van der Waals surface area contributed by atoms with Gasteiger partial charge in [-0.15, -0.1) is 0 Å². The molecule has 0 fully saturated rings. The Morgan fingerprint density at radius 3 is 2.73 bits per heavy atom. The van der Waals surface area contributed by atoms with Crippen LogP contribution in [0.5, 0.6) is 0 Å². The smallest absolute Gasteiger partial charge is 0.340 e. The molecule has 0 atom stereocenters. The van der Waals surface area contributed by atoms with Gasteiger partial charge in [-0.2, -0.15) is 0 Å². The Bertz CT molecular complexity index is 704. The number of halogens is 2. The minimum Gasteiger partial charge on any atom is -0.452 e. The molecule has 1 aromatic heterocycles. The number of nitrogens with one attached hydrogen (secondary N) is 1. The molecule has 5 nitrogen and oxygen atoms in total. The average Bonchev–Trinajstić information content (AvgIpc) is 2.49. The summed E-state index contributed by atoms with van der Waals surface area (Å²) >= 11 is 5.60. The fourth-order valence-electron chi connectivity index (χ4n) is 1.57. The number of carbonyl (C=O) groups is 2. The number of pyridine rings is 1. The molecule has 2 aromatic rings. The zero-order valence-electron chi connectivity index (χ0n) is 11.6. The third kappa shape index (κ3) is 4.26. The van der Waals surface area contributed by atoms with Crippen molar-refractivity contribution in [3.8, 4) is 0 Å². The molecule has 0 aliphatic rings. The van der Waals surface area contributed by atoms with Crippen molar-refractivity contribution in [1.29, 1.82) is 0 Å². The Morgan fingerprint density at radius 1 is 1.32 bits per heavy atom. The maximum Gasteiger partial charge on any atom is 0.340 e. The molecule has 22 heavy (non-hydrogen) atoms. The fourth-order valence-corrected chi connectivity index (χ4v) is 1.75. The second-order valence-corrected chi connectivity index (χ2v) is 4.85. The van der Waals surface area contributed by atoms with Gasteiger partial charge < -0.3 is 10.1 Å². The molecular formula is C15H12ClFN2O3. The molecular weight excluding hydrogens is 311 g/mol. The molecule has 0 spiro atoms. The number of anilines is 1. The van der Waals surface area contributed by atoms with Crippen molar-refractivity contribution in [2.45, 2.75) is 6.92 Å². The van der Waals surface area contributed by atoms with Crippen LogP contribution >= 0.6 is 11.6 Å². The first-order valence-electron chi connectivity index (χ1n) is 6.30. The quantitative estimate of drug-likeness (QED) is 0.879. The van der Waals surface area contributed by atoms with Crippen LogP contribution in [-0.2, 0) is 9.53 Å². The van der Waals surface area contributed by atoms with Crippen LogP contribution in [0.25, 0.3) is 0 Å². The van der Waals surface area contributed by atoms with Gasteiger partial charge in [-0.3, -0.25) is 9.78 Å². The first kappa shape index (κ1) is 15.9. The van der Waals surface area contributed by atoms with Gasteiger partial charge >= 0.3 is 5.97 Å². The Balaban J connectivity index is 1.88. The minimum atomic E-state index is -0.653. The summed E-state index contributed by atoms with van der Waals surface area (Å²) < 4.78 is 17.8. The fraction of sp³-hybridized carbons (Fsp3) is 0.133. The molecule has 0 saturated carbocycles. The number of esters is 1. The van der Waals surface area contributed by atoms with E-state index >= 15 is 0 Å². The van der Waals surface area contributed by atoms with Crippen molar-refractivity contribution in [3.05, 3.63) is 58.6 Å². The Kier molecular flexibility index (Phi) is 5.06. The molecule has 0 bridgehead atoms. The monoisotopic (exact) mass is 322 g/mol. The number of rotatable bonds is 4. The lowest BCUT2D eigenvalue weighted by atomic mass is 10.2. The van der Waals surface area contributed by atoms with E-state index in [-0.39, 0.29) is 10.6 Å². The lowest BCUT2D eigenvalue weighted by molar-refractivity contribution is -0.119. The summed E-state index contributed by atoms with van der Waals surface area (Å²) in [4.78, 5) is 27.3. The van der Waals surface area contributed by atoms with Crippen molar-refractivity contribution in [1.82, 2.24) is 4.98 Å². The zero-order valence-corrected chi connectivity index (χ0v) is 12.4. The minimum absolute atomic E-state index is 0.111. The number of benzene rings is 1. The van der Waals surface area contributed by atoms with E-state index in [1.54, 1.807) is 19.1 Å². The first-order chi connectivity index (χ1) is 10.5. The predicted molar refractivity (Wildman–Crippen MR) is 79.3 cm³/mol. The van der Waals surface area contributed by atoms with Gasteiger partial charge in [-0.05, 0) is 37.3 Å². The summed E-state index contributed by atoms with van der Waals surface area (Å²) in [6.45, 7) is 1.32.